The van der Waals surface area contributed by atoms with E-state index in [1.165, 1.54) is 5.56 Å². The van der Waals surface area contributed by atoms with Crippen molar-refractivity contribution in [3.05, 3.63) is 106 Å². The molecule has 2 aliphatic rings. The van der Waals surface area contributed by atoms with E-state index in [0.29, 0.717) is 46.9 Å². The van der Waals surface area contributed by atoms with Gasteiger partial charge in [0.25, 0.3) is 5.91 Å². The summed E-state index contributed by atoms with van der Waals surface area (Å²) in [4.78, 5) is 27.8. The van der Waals surface area contributed by atoms with Gasteiger partial charge in [-0.3, -0.25) is 9.59 Å². The van der Waals surface area contributed by atoms with E-state index in [9.17, 15) is 9.59 Å². The van der Waals surface area contributed by atoms with Gasteiger partial charge in [0.1, 0.15) is 5.75 Å². The van der Waals surface area contributed by atoms with Crippen molar-refractivity contribution in [3.63, 3.8) is 0 Å². The molecule has 2 atom stereocenters. The molecular formula is C34H36N2O5. The van der Waals surface area contributed by atoms with Crippen LogP contribution in [0.2, 0.25) is 0 Å². The van der Waals surface area contributed by atoms with Crippen LogP contribution in [0, 0.1) is 0 Å². The molecule has 1 heterocycles. The number of hydrogen-bond donors (Lipinski definition) is 2. The average Bonchev–Trinajstić information content (AvgIpc) is 3.00. The number of allylic oxidation sites excluding steroid dienone is 3. The molecule has 3 aromatic rings. The molecule has 7 nitrogen and oxygen atoms in total. The molecule has 3 aromatic carbocycles. The maximum Gasteiger partial charge on any atom is 0.254 e. The minimum atomic E-state index is -0.478. The molecule has 0 radical (unpaired) electrons. The third kappa shape index (κ3) is 5.57. The maximum atomic E-state index is 14.0. The van der Waals surface area contributed by atoms with E-state index in [1.54, 1.807) is 45.6 Å². The number of benzene rings is 3. The normalized spacial score (nSPS) is 18.4. The number of hydrogen-bond acceptors (Lipinski definition) is 6. The second-order valence-electron chi connectivity index (χ2n) is 10.4. The molecule has 41 heavy (non-hydrogen) atoms. The van der Waals surface area contributed by atoms with Crippen molar-refractivity contribution in [2.75, 3.05) is 26.6 Å². The highest BCUT2D eigenvalue weighted by Gasteiger charge is 2.41. The van der Waals surface area contributed by atoms with Gasteiger partial charge in [-0.2, -0.15) is 0 Å². The smallest absolute Gasteiger partial charge is 0.254 e. The summed E-state index contributed by atoms with van der Waals surface area (Å²) in [6, 6.07) is 21.3. The molecule has 1 aliphatic carbocycles. The Morgan fingerprint density at radius 1 is 0.878 bits per heavy atom. The first-order valence-corrected chi connectivity index (χ1v) is 13.9. The van der Waals surface area contributed by atoms with Gasteiger partial charge >= 0.3 is 0 Å². The molecule has 2 N–H and O–H groups in total. The lowest BCUT2D eigenvalue weighted by Crippen LogP contribution is -2.37. The average molecular weight is 553 g/mol. The Labute approximate surface area is 241 Å². The van der Waals surface area contributed by atoms with Gasteiger partial charge in [0.2, 0.25) is 0 Å². The molecule has 0 aromatic heterocycles. The highest BCUT2D eigenvalue weighted by molar-refractivity contribution is 6.10. The number of carbonyl (C=O) groups is 2. The van der Waals surface area contributed by atoms with Gasteiger partial charge < -0.3 is 24.8 Å². The predicted molar refractivity (Wildman–Crippen MR) is 160 cm³/mol. The van der Waals surface area contributed by atoms with Crippen LogP contribution < -0.4 is 24.8 Å². The number of anilines is 1. The van der Waals surface area contributed by atoms with Gasteiger partial charge in [0.15, 0.2) is 17.3 Å². The SMILES string of the molecule is CCc1ccc(C2C(C(=O)Nc3ccc(OC)cc3)=C(C)NC3=C2C(=O)CC(c2ccc(OC)c(OC)c2)C3)cc1. The van der Waals surface area contributed by atoms with Crippen molar-refractivity contribution in [1.29, 1.82) is 0 Å². The van der Waals surface area contributed by atoms with Crippen molar-refractivity contribution in [2.24, 2.45) is 0 Å². The Morgan fingerprint density at radius 3 is 2.20 bits per heavy atom. The van der Waals surface area contributed by atoms with E-state index in [4.69, 9.17) is 14.2 Å². The topological polar surface area (TPSA) is 85.9 Å². The molecule has 7 heteroatoms. The third-order valence-corrected chi connectivity index (χ3v) is 8.02. The lowest BCUT2D eigenvalue weighted by Gasteiger charge is -2.37. The molecule has 0 fully saturated rings. The minimum Gasteiger partial charge on any atom is -0.497 e. The fraction of sp³-hybridized carbons (Fsp3) is 0.294. The largest absolute Gasteiger partial charge is 0.497 e. The molecular weight excluding hydrogens is 516 g/mol. The molecule has 5 rings (SSSR count). The van der Waals surface area contributed by atoms with E-state index in [2.05, 4.69) is 29.7 Å². The van der Waals surface area contributed by atoms with Crippen LogP contribution in [0.1, 0.15) is 55.2 Å². The van der Waals surface area contributed by atoms with Gasteiger partial charge in [-0.25, -0.2) is 0 Å². The summed E-state index contributed by atoms with van der Waals surface area (Å²) in [5.41, 5.74) is 6.60. The summed E-state index contributed by atoms with van der Waals surface area (Å²) in [6.07, 6.45) is 1.89. The molecule has 2 unspecified atom stereocenters. The second kappa shape index (κ2) is 11.9. The van der Waals surface area contributed by atoms with Crippen LogP contribution in [0.15, 0.2) is 89.3 Å². The summed E-state index contributed by atoms with van der Waals surface area (Å²) in [6.45, 7) is 4.02. The van der Waals surface area contributed by atoms with Gasteiger partial charge in [-0.05, 0) is 78.8 Å². The quantitative estimate of drug-likeness (QED) is 0.342. The number of dihydropyridines is 1. The van der Waals surface area contributed by atoms with Crippen LogP contribution in [0.4, 0.5) is 5.69 Å². The number of methoxy groups -OCH3 is 3. The molecule has 212 valence electrons. The van der Waals surface area contributed by atoms with E-state index >= 15 is 0 Å². The highest BCUT2D eigenvalue weighted by Crippen LogP contribution is 2.46. The minimum absolute atomic E-state index is 0.0286. The number of ketones is 1. The van der Waals surface area contributed by atoms with E-state index in [-0.39, 0.29) is 17.6 Å². The van der Waals surface area contributed by atoms with Crippen LogP contribution in [-0.2, 0) is 16.0 Å². The fourth-order valence-electron chi connectivity index (χ4n) is 5.83. The summed E-state index contributed by atoms with van der Waals surface area (Å²) in [5.74, 6) is 1.27. The number of carbonyl (C=O) groups excluding carboxylic acids is 2. The van der Waals surface area contributed by atoms with Crippen molar-refractivity contribution in [3.8, 4) is 17.2 Å². The van der Waals surface area contributed by atoms with Gasteiger partial charge in [0, 0.05) is 40.6 Å². The van der Waals surface area contributed by atoms with Gasteiger partial charge in [0.05, 0.1) is 21.3 Å². The Hall–Kier alpha value is -4.52. The van der Waals surface area contributed by atoms with Crippen molar-refractivity contribution in [2.45, 2.75) is 44.9 Å². The molecule has 1 aliphatic heterocycles. The van der Waals surface area contributed by atoms with Crippen molar-refractivity contribution < 1.29 is 23.8 Å². The molecule has 0 saturated heterocycles. The van der Waals surface area contributed by atoms with Gasteiger partial charge in [-0.1, -0.05) is 37.3 Å². The number of aryl methyl sites for hydroxylation is 1. The van der Waals surface area contributed by atoms with Crippen molar-refractivity contribution in [1.82, 2.24) is 5.32 Å². The molecule has 0 bridgehead atoms. The summed E-state index contributed by atoms with van der Waals surface area (Å²) >= 11 is 0. The number of amides is 1. The van der Waals surface area contributed by atoms with Crippen LogP contribution in [0.25, 0.3) is 0 Å². The first kappa shape index (κ1) is 28.0. The molecule has 0 spiro atoms. The number of ether oxygens (including phenoxy) is 3. The third-order valence-electron chi connectivity index (χ3n) is 8.02. The zero-order chi connectivity index (χ0) is 29.1. The second-order valence-corrected chi connectivity index (χ2v) is 10.4. The molecule has 1 amide bonds. The van der Waals surface area contributed by atoms with E-state index in [1.807, 2.05) is 37.3 Å². The first-order chi connectivity index (χ1) is 19.9. The number of Topliss-reactive ketones (excluding diaryl/α,β-unsaturated/α-hetero) is 1. The van der Waals surface area contributed by atoms with Crippen molar-refractivity contribution >= 4 is 17.4 Å². The number of nitrogens with one attached hydrogen (secondary N) is 2. The standard InChI is InChI=1S/C34H36N2O5/c1-6-21-7-9-22(10-8-21)32-31(34(38)36-25-12-14-26(39-3)15-13-25)20(2)35-27-17-24(18-28(37)33(27)32)23-11-16-29(40-4)30(19-23)41-5/h7-16,19,24,32,35H,6,17-18H2,1-5H3,(H,36,38). The van der Waals surface area contributed by atoms with Crippen LogP contribution in [0.5, 0.6) is 17.2 Å². The first-order valence-electron chi connectivity index (χ1n) is 13.9. The lowest BCUT2D eigenvalue weighted by atomic mass is 9.71. The van der Waals surface area contributed by atoms with Crippen LogP contribution in [-0.4, -0.2) is 33.0 Å². The predicted octanol–water partition coefficient (Wildman–Crippen LogP) is 6.28. The zero-order valence-electron chi connectivity index (χ0n) is 24.2. The van der Waals surface area contributed by atoms with E-state index < -0.39 is 5.92 Å². The highest BCUT2D eigenvalue weighted by atomic mass is 16.5. The Bertz CT molecular complexity index is 1520. The Balaban J connectivity index is 1.53. The Kier molecular flexibility index (Phi) is 8.15. The Morgan fingerprint density at radius 2 is 1.56 bits per heavy atom. The fourth-order valence-corrected chi connectivity index (χ4v) is 5.83. The summed E-state index contributed by atoms with van der Waals surface area (Å²) in [5, 5.41) is 6.49. The monoisotopic (exact) mass is 552 g/mol. The lowest BCUT2D eigenvalue weighted by molar-refractivity contribution is -0.116. The maximum absolute atomic E-state index is 14.0. The van der Waals surface area contributed by atoms with Gasteiger partial charge in [-0.15, -0.1) is 0 Å². The van der Waals surface area contributed by atoms with Crippen LogP contribution in [0.3, 0.4) is 0 Å². The summed E-state index contributed by atoms with van der Waals surface area (Å²) < 4.78 is 16.2. The summed E-state index contributed by atoms with van der Waals surface area (Å²) in [7, 11) is 4.82. The van der Waals surface area contributed by atoms with Crippen LogP contribution >= 0.6 is 0 Å². The number of rotatable bonds is 8. The van der Waals surface area contributed by atoms with E-state index in [0.717, 1.165) is 28.9 Å². The zero-order valence-corrected chi connectivity index (χ0v) is 24.2. The molecule has 0 saturated carbocycles.